The molecule has 0 radical (unpaired) electrons. The van der Waals surface area contributed by atoms with Crippen LogP contribution in [-0.2, 0) is 38.3 Å². The SMILES string of the molecule is CCO[Si](CCCOC(COc1ccc(C2(c3ccc(OCC4CO4)cc3)c3ccccc3-c3ccccc32)cc1)COc1ccc(C2(c3ccc(OCC4CO4)cc3)c3ccccc3-c3ccccc32)cc1)(OCC)OCC. The molecule has 2 heterocycles. The van der Waals surface area contributed by atoms with Gasteiger partial charge in [0.25, 0.3) is 0 Å². The van der Waals surface area contributed by atoms with Crippen molar-refractivity contribution in [3.63, 3.8) is 0 Å². The fourth-order valence-electron chi connectivity index (χ4n) is 12.0. The summed E-state index contributed by atoms with van der Waals surface area (Å²) in [5.41, 5.74) is 13.3. The number of rotatable bonds is 27. The van der Waals surface area contributed by atoms with Gasteiger partial charge in [0.15, 0.2) is 0 Å². The number of ether oxygens (including phenoxy) is 7. The van der Waals surface area contributed by atoms with Gasteiger partial charge in [0.1, 0.15) is 67.7 Å². The summed E-state index contributed by atoms with van der Waals surface area (Å²) < 4.78 is 61.6. The van der Waals surface area contributed by atoms with Gasteiger partial charge in [-0.3, -0.25) is 0 Å². The third kappa shape index (κ3) is 10.5. The molecule has 0 spiro atoms. The first-order chi connectivity index (χ1) is 39.0. The molecule has 2 fully saturated rings. The lowest BCUT2D eigenvalue weighted by molar-refractivity contribution is -0.00923. The Morgan fingerprint density at radius 3 is 1.03 bits per heavy atom. The highest BCUT2D eigenvalue weighted by Gasteiger charge is 2.48. The summed E-state index contributed by atoms with van der Waals surface area (Å²) in [6.07, 6.45) is 0.631. The zero-order valence-corrected chi connectivity index (χ0v) is 46.3. The molecule has 11 heteroatoms. The highest BCUT2D eigenvalue weighted by atomic mass is 28.4. The van der Waals surface area contributed by atoms with Gasteiger partial charge in [-0.15, -0.1) is 0 Å². The zero-order valence-electron chi connectivity index (χ0n) is 45.3. The Morgan fingerprint density at radius 1 is 0.418 bits per heavy atom. The monoisotopic (exact) mass is 1070 g/mol. The highest BCUT2D eigenvalue weighted by molar-refractivity contribution is 6.60. The van der Waals surface area contributed by atoms with E-state index in [-0.39, 0.29) is 25.4 Å². The van der Waals surface area contributed by atoms with Gasteiger partial charge < -0.3 is 46.4 Å². The van der Waals surface area contributed by atoms with E-state index in [1.807, 2.05) is 20.8 Å². The minimum atomic E-state index is -2.88. The van der Waals surface area contributed by atoms with Crippen LogP contribution in [0.4, 0.5) is 0 Å². The van der Waals surface area contributed by atoms with Gasteiger partial charge in [-0.2, -0.15) is 0 Å². The first-order valence-corrected chi connectivity index (χ1v) is 30.0. The molecule has 2 aliphatic heterocycles. The van der Waals surface area contributed by atoms with Gasteiger partial charge in [-0.05, 0) is 142 Å². The van der Waals surface area contributed by atoms with E-state index in [0.717, 1.165) is 58.5 Å². The molecule has 8 aromatic rings. The van der Waals surface area contributed by atoms with Crippen LogP contribution in [0.3, 0.4) is 0 Å². The summed E-state index contributed by atoms with van der Waals surface area (Å²) in [5.74, 6) is 3.12. The van der Waals surface area contributed by atoms with Crippen LogP contribution in [-0.4, -0.2) is 93.2 Å². The smallest absolute Gasteiger partial charge is 0.491 e. The van der Waals surface area contributed by atoms with Gasteiger partial charge >= 0.3 is 8.80 Å². The van der Waals surface area contributed by atoms with Gasteiger partial charge in [-0.1, -0.05) is 146 Å². The molecule has 4 aliphatic rings. The molecule has 10 nitrogen and oxygen atoms in total. The molecule has 79 heavy (non-hydrogen) atoms. The molecule has 2 aliphatic carbocycles. The molecular weight excluding hydrogens is 1000 g/mol. The molecule has 0 amide bonds. The van der Waals surface area contributed by atoms with Gasteiger partial charge in [-0.25, -0.2) is 0 Å². The summed E-state index contributed by atoms with van der Waals surface area (Å²) in [6, 6.07) is 70.0. The fraction of sp³-hybridized carbons (Fsp3) is 0.294. The third-order valence-electron chi connectivity index (χ3n) is 15.7. The Balaban J connectivity index is 0.808. The normalized spacial score (nSPS) is 17.2. The third-order valence-corrected chi connectivity index (χ3v) is 18.8. The highest BCUT2D eigenvalue weighted by Crippen LogP contribution is 2.58. The van der Waals surface area contributed by atoms with Crippen LogP contribution in [0.5, 0.6) is 23.0 Å². The summed E-state index contributed by atoms with van der Waals surface area (Å²) in [5, 5.41) is 0. The van der Waals surface area contributed by atoms with E-state index in [1.54, 1.807) is 0 Å². The van der Waals surface area contributed by atoms with E-state index in [0.29, 0.717) is 52.1 Å². The van der Waals surface area contributed by atoms with Crippen LogP contribution in [0, 0.1) is 0 Å². The maximum absolute atomic E-state index is 6.69. The number of epoxide rings is 2. The van der Waals surface area contributed by atoms with E-state index in [9.17, 15) is 0 Å². The van der Waals surface area contributed by atoms with Crippen molar-refractivity contribution < 1.29 is 46.4 Å². The van der Waals surface area contributed by atoms with E-state index < -0.39 is 25.7 Å². The van der Waals surface area contributed by atoms with Crippen LogP contribution in [0.25, 0.3) is 22.3 Å². The van der Waals surface area contributed by atoms with Crippen LogP contribution >= 0.6 is 0 Å². The lowest BCUT2D eigenvalue weighted by atomic mass is 9.68. The maximum Gasteiger partial charge on any atom is 0.501 e. The predicted octanol–water partition coefficient (Wildman–Crippen LogP) is 13.2. The van der Waals surface area contributed by atoms with Crippen molar-refractivity contribution in [2.45, 2.75) is 62.4 Å². The molecular formula is C68H68O10Si. The average Bonchev–Trinajstić information content (AvgIpc) is 4.63. The molecule has 404 valence electrons. The Kier molecular flexibility index (Phi) is 15.5. The van der Waals surface area contributed by atoms with Crippen molar-refractivity contribution in [2.24, 2.45) is 0 Å². The van der Waals surface area contributed by atoms with Crippen molar-refractivity contribution >= 4 is 8.80 Å². The molecule has 2 unspecified atom stereocenters. The molecule has 0 saturated carbocycles. The van der Waals surface area contributed by atoms with E-state index >= 15 is 0 Å². The number of fused-ring (bicyclic) bond motifs is 6. The number of hydrogen-bond acceptors (Lipinski definition) is 10. The van der Waals surface area contributed by atoms with E-state index in [2.05, 4.69) is 194 Å². The Hall–Kier alpha value is -7.06. The molecule has 0 aromatic heterocycles. The second-order valence-electron chi connectivity index (χ2n) is 20.5. The molecule has 12 rings (SSSR count). The molecule has 0 N–H and O–H groups in total. The van der Waals surface area contributed by atoms with Crippen LogP contribution in [0.1, 0.15) is 71.7 Å². The Morgan fingerprint density at radius 2 is 0.722 bits per heavy atom. The quantitative estimate of drug-likeness (QED) is 0.0281. The summed E-state index contributed by atoms with van der Waals surface area (Å²) in [4.78, 5) is 0. The molecule has 8 aromatic carbocycles. The fourth-order valence-corrected chi connectivity index (χ4v) is 14.6. The second kappa shape index (κ2) is 23.3. The van der Waals surface area contributed by atoms with E-state index in [1.165, 1.54) is 44.5 Å². The summed E-state index contributed by atoms with van der Waals surface area (Å²) in [6.45, 7) is 11.1. The van der Waals surface area contributed by atoms with Gasteiger partial charge in [0, 0.05) is 32.5 Å². The lowest BCUT2D eigenvalue weighted by Crippen LogP contribution is -2.46. The van der Waals surface area contributed by atoms with Crippen LogP contribution in [0.15, 0.2) is 194 Å². The minimum Gasteiger partial charge on any atom is -0.491 e. The van der Waals surface area contributed by atoms with Crippen LogP contribution < -0.4 is 18.9 Å². The first-order valence-electron chi connectivity index (χ1n) is 28.0. The largest absolute Gasteiger partial charge is 0.501 e. The van der Waals surface area contributed by atoms with Gasteiger partial charge in [0.2, 0.25) is 0 Å². The van der Waals surface area contributed by atoms with Gasteiger partial charge in [0.05, 0.1) is 24.0 Å². The minimum absolute atomic E-state index is 0.180. The standard InChI is InChI=1S/C68H68O10Si/c1-4-76-79(77-5-2,78-6-3)41-15-40-69-56(42-70-52-32-24-48(25-33-52)67(50-28-36-54(37-29-50)72-44-57-46-74-57)63-20-11-7-16-59(63)60-17-8-12-21-64(60)67)43-71-53-34-26-49(27-35-53)68(51-30-38-55(39-31-51)73-45-58-47-75-58)65-22-13-9-18-61(65)62-19-10-14-23-66(62)68/h7-14,16-39,56-58H,4-6,15,40-47H2,1-3H3. The van der Waals surface area contributed by atoms with Crippen molar-refractivity contribution in [1.82, 2.24) is 0 Å². The van der Waals surface area contributed by atoms with Crippen molar-refractivity contribution in [3.05, 3.63) is 239 Å². The average molecular weight is 1070 g/mol. The van der Waals surface area contributed by atoms with Crippen molar-refractivity contribution in [1.29, 1.82) is 0 Å². The number of hydrogen-bond donors (Lipinski definition) is 0. The number of benzene rings is 8. The Labute approximate surface area is 465 Å². The molecule has 2 saturated heterocycles. The summed E-state index contributed by atoms with van der Waals surface area (Å²) >= 11 is 0. The van der Waals surface area contributed by atoms with Crippen molar-refractivity contribution in [2.75, 3.05) is 66.1 Å². The Bertz CT molecular complexity index is 3000. The maximum atomic E-state index is 6.69. The molecule has 0 bridgehead atoms. The first kappa shape index (κ1) is 52.6. The summed E-state index contributed by atoms with van der Waals surface area (Å²) in [7, 11) is -2.88. The lowest BCUT2D eigenvalue weighted by Gasteiger charge is -2.34. The predicted molar refractivity (Wildman–Crippen MR) is 309 cm³/mol. The second-order valence-corrected chi connectivity index (χ2v) is 23.2. The topological polar surface area (TPSA) is 98.9 Å². The van der Waals surface area contributed by atoms with E-state index in [4.69, 9.17) is 46.4 Å². The van der Waals surface area contributed by atoms with Crippen LogP contribution in [0.2, 0.25) is 6.04 Å². The van der Waals surface area contributed by atoms with Crippen molar-refractivity contribution in [3.8, 4) is 45.3 Å². The zero-order chi connectivity index (χ0) is 53.7. The molecule has 2 atom stereocenters.